The minimum Gasteiger partial charge on any atom is -0.391 e. The minimum absolute atomic E-state index is 0.0612. The van der Waals surface area contributed by atoms with Crippen molar-refractivity contribution in [2.45, 2.75) is 50.0 Å². The quantitative estimate of drug-likeness (QED) is 0.720. The minimum atomic E-state index is -0.0612. The molecule has 2 nitrogen and oxygen atoms in total. The molecule has 0 aromatic heterocycles. The highest BCUT2D eigenvalue weighted by atomic mass is 32.2. The maximum Gasteiger partial charge on any atom is 0.0695 e. The Labute approximate surface area is 91.1 Å². The fraction of sp³-hybridized carbons (Fsp3) is 1.00. The number of hydrogen-bond acceptors (Lipinski definition) is 3. The van der Waals surface area contributed by atoms with Crippen molar-refractivity contribution >= 4 is 11.8 Å². The third-order valence-corrected chi connectivity index (χ3v) is 4.67. The van der Waals surface area contributed by atoms with Crippen molar-refractivity contribution in [2.75, 3.05) is 18.8 Å². The summed E-state index contributed by atoms with van der Waals surface area (Å²) < 4.78 is 0.376. The number of aliphatic hydroxyl groups excluding tert-OH is 1. The van der Waals surface area contributed by atoms with Crippen LogP contribution in [0.15, 0.2) is 0 Å². The zero-order valence-corrected chi connectivity index (χ0v) is 10.0. The molecule has 14 heavy (non-hydrogen) atoms. The van der Waals surface area contributed by atoms with Gasteiger partial charge in [0.2, 0.25) is 0 Å². The molecule has 2 fully saturated rings. The molecule has 82 valence electrons. The average molecular weight is 215 g/mol. The van der Waals surface area contributed by atoms with Gasteiger partial charge in [0.15, 0.2) is 0 Å². The first-order valence-corrected chi connectivity index (χ1v) is 6.63. The zero-order valence-electron chi connectivity index (χ0n) is 9.20. The largest absolute Gasteiger partial charge is 0.391 e. The Bertz CT molecular complexity index is 207. The SMILES string of the molecule is CC1(C)CN([C@@H]2CCC[C@H]2O)CCS1. The summed E-state index contributed by atoms with van der Waals surface area (Å²) in [5.74, 6) is 1.22. The van der Waals surface area contributed by atoms with E-state index in [-0.39, 0.29) is 6.10 Å². The maximum atomic E-state index is 9.86. The summed E-state index contributed by atoms with van der Waals surface area (Å²) in [6.07, 6.45) is 3.35. The summed E-state index contributed by atoms with van der Waals surface area (Å²) in [5.41, 5.74) is 0. The number of aliphatic hydroxyl groups is 1. The molecule has 3 heteroatoms. The van der Waals surface area contributed by atoms with Crippen molar-refractivity contribution in [1.29, 1.82) is 0 Å². The van der Waals surface area contributed by atoms with E-state index in [9.17, 15) is 5.11 Å². The molecule has 0 radical (unpaired) electrons. The first-order valence-electron chi connectivity index (χ1n) is 5.65. The van der Waals surface area contributed by atoms with Gasteiger partial charge in [-0.15, -0.1) is 0 Å². The summed E-state index contributed by atoms with van der Waals surface area (Å²) >= 11 is 2.06. The van der Waals surface area contributed by atoms with E-state index in [0.717, 1.165) is 19.5 Å². The summed E-state index contributed by atoms with van der Waals surface area (Å²) in [7, 11) is 0. The molecule has 1 N–H and O–H groups in total. The van der Waals surface area contributed by atoms with Gasteiger partial charge in [0.1, 0.15) is 0 Å². The lowest BCUT2D eigenvalue weighted by atomic mass is 10.1. The summed E-state index contributed by atoms with van der Waals surface area (Å²) in [5, 5.41) is 9.86. The summed E-state index contributed by atoms with van der Waals surface area (Å²) in [6.45, 7) is 6.92. The number of thioether (sulfide) groups is 1. The van der Waals surface area contributed by atoms with Gasteiger partial charge in [0.05, 0.1) is 6.10 Å². The lowest BCUT2D eigenvalue weighted by Gasteiger charge is -2.41. The molecular weight excluding hydrogens is 194 g/mol. The van der Waals surface area contributed by atoms with Gasteiger partial charge < -0.3 is 5.11 Å². The third-order valence-electron chi connectivity index (χ3n) is 3.37. The Hall–Kier alpha value is 0.270. The zero-order chi connectivity index (χ0) is 10.2. The number of nitrogens with zero attached hydrogens (tertiary/aromatic N) is 1. The lowest BCUT2D eigenvalue weighted by Crippen LogP contribution is -2.50. The van der Waals surface area contributed by atoms with Gasteiger partial charge >= 0.3 is 0 Å². The van der Waals surface area contributed by atoms with Crippen LogP contribution in [-0.4, -0.2) is 45.7 Å². The van der Waals surface area contributed by atoms with Gasteiger partial charge in [-0.25, -0.2) is 0 Å². The molecule has 0 amide bonds. The van der Waals surface area contributed by atoms with Crippen LogP contribution in [0.1, 0.15) is 33.1 Å². The molecular formula is C11H21NOS. The number of rotatable bonds is 1. The van der Waals surface area contributed by atoms with E-state index in [0.29, 0.717) is 10.8 Å². The van der Waals surface area contributed by atoms with Crippen LogP contribution in [0.25, 0.3) is 0 Å². The normalized spacial score (nSPS) is 38.8. The standard InChI is InChI=1S/C11H21NOS/c1-11(2)8-12(6-7-14-11)9-4-3-5-10(9)13/h9-10,13H,3-8H2,1-2H3/t9-,10-/m1/s1. The van der Waals surface area contributed by atoms with Gasteiger partial charge in [-0.05, 0) is 33.1 Å². The molecule has 2 aliphatic rings. The second-order valence-electron chi connectivity index (χ2n) is 5.14. The van der Waals surface area contributed by atoms with Crippen LogP contribution < -0.4 is 0 Å². The highest BCUT2D eigenvalue weighted by Crippen LogP contribution is 2.34. The molecule has 1 saturated carbocycles. The van der Waals surface area contributed by atoms with Gasteiger partial charge in [-0.3, -0.25) is 4.90 Å². The van der Waals surface area contributed by atoms with Crippen LogP contribution in [0.3, 0.4) is 0 Å². The van der Waals surface area contributed by atoms with Crippen molar-refractivity contribution in [3.8, 4) is 0 Å². The van der Waals surface area contributed by atoms with E-state index in [1.807, 2.05) is 0 Å². The van der Waals surface area contributed by atoms with E-state index >= 15 is 0 Å². The molecule has 1 aliphatic carbocycles. The van der Waals surface area contributed by atoms with Crippen molar-refractivity contribution in [3.05, 3.63) is 0 Å². The van der Waals surface area contributed by atoms with E-state index in [2.05, 4.69) is 30.5 Å². The van der Waals surface area contributed by atoms with E-state index < -0.39 is 0 Å². The van der Waals surface area contributed by atoms with Crippen molar-refractivity contribution in [3.63, 3.8) is 0 Å². The van der Waals surface area contributed by atoms with Crippen LogP contribution in [0, 0.1) is 0 Å². The van der Waals surface area contributed by atoms with E-state index in [1.165, 1.54) is 18.6 Å². The second-order valence-corrected chi connectivity index (χ2v) is 6.95. The highest BCUT2D eigenvalue weighted by Gasteiger charge is 2.36. The molecule has 0 unspecified atom stereocenters. The Morgan fingerprint density at radius 3 is 2.71 bits per heavy atom. The van der Waals surface area contributed by atoms with E-state index in [4.69, 9.17) is 0 Å². The van der Waals surface area contributed by atoms with Crippen LogP contribution in [0.4, 0.5) is 0 Å². The monoisotopic (exact) mass is 215 g/mol. The van der Waals surface area contributed by atoms with Gasteiger partial charge in [-0.1, -0.05) is 0 Å². The molecule has 0 aromatic carbocycles. The van der Waals surface area contributed by atoms with Crippen molar-refractivity contribution in [1.82, 2.24) is 4.90 Å². The van der Waals surface area contributed by atoms with Crippen LogP contribution in [0.2, 0.25) is 0 Å². The number of hydrogen-bond donors (Lipinski definition) is 1. The van der Waals surface area contributed by atoms with Gasteiger partial charge in [0, 0.05) is 29.6 Å². The molecule has 0 bridgehead atoms. The Morgan fingerprint density at radius 1 is 1.36 bits per heavy atom. The second kappa shape index (κ2) is 4.03. The molecule has 2 atom stereocenters. The molecule has 1 heterocycles. The predicted octanol–water partition coefficient (Wildman–Crippen LogP) is 1.73. The molecule has 0 spiro atoms. The summed E-state index contributed by atoms with van der Waals surface area (Å²) in [6, 6.07) is 0.454. The maximum absolute atomic E-state index is 9.86. The van der Waals surface area contributed by atoms with Crippen molar-refractivity contribution in [2.24, 2.45) is 0 Å². The lowest BCUT2D eigenvalue weighted by molar-refractivity contribution is 0.0679. The smallest absolute Gasteiger partial charge is 0.0695 e. The fourth-order valence-corrected chi connectivity index (χ4v) is 3.82. The fourth-order valence-electron chi connectivity index (χ4n) is 2.68. The Balaban J connectivity index is 1.97. The van der Waals surface area contributed by atoms with Crippen LogP contribution in [0.5, 0.6) is 0 Å². The predicted molar refractivity (Wildman–Crippen MR) is 61.8 cm³/mol. The molecule has 1 saturated heterocycles. The third kappa shape index (κ3) is 2.26. The molecule has 2 rings (SSSR count). The summed E-state index contributed by atoms with van der Waals surface area (Å²) in [4.78, 5) is 2.51. The first-order chi connectivity index (χ1) is 6.58. The Morgan fingerprint density at radius 2 is 2.14 bits per heavy atom. The van der Waals surface area contributed by atoms with Gasteiger partial charge in [0.25, 0.3) is 0 Å². The molecule has 0 aromatic rings. The average Bonchev–Trinajstić information content (AvgIpc) is 2.49. The highest BCUT2D eigenvalue weighted by molar-refractivity contribution is 8.00. The van der Waals surface area contributed by atoms with Crippen LogP contribution in [-0.2, 0) is 0 Å². The molecule has 1 aliphatic heterocycles. The van der Waals surface area contributed by atoms with Crippen molar-refractivity contribution < 1.29 is 5.11 Å². The van der Waals surface area contributed by atoms with Crippen LogP contribution >= 0.6 is 11.8 Å². The topological polar surface area (TPSA) is 23.5 Å². The first kappa shape index (κ1) is 10.8. The van der Waals surface area contributed by atoms with E-state index in [1.54, 1.807) is 0 Å². The Kier molecular flexibility index (Phi) is 3.10. The van der Waals surface area contributed by atoms with Gasteiger partial charge in [-0.2, -0.15) is 11.8 Å².